The summed E-state index contributed by atoms with van der Waals surface area (Å²) in [6.45, 7) is 6.18. The molecule has 2 aromatic heterocycles. The fraction of sp³-hybridized carbons (Fsp3) is 0.600. The van der Waals surface area contributed by atoms with Crippen LogP contribution in [-0.4, -0.2) is 69.4 Å². The molecule has 1 atom stereocenters. The number of aromatic amines is 1. The van der Waals surface area contributed by atoms with E-state index in [0.29, 0.717) is 5.92 Å². The van der Waals surface area contributed by atoms with Crippen molar-refractivity contribution in [2.45, 2.75) is 18.9 Å². The van der Waals surface area contributed by atoms with Crippen LogP contribution in [0.3, 0.4) is 0 Å². The van der Waals surface area contributed by atoms with Crippen molar-refractivity contribution in [1.82, 2.24) is 30.0 Å². The SMILES string of the molecule is c1cnc(N2CCN(Cc3nc([C@@H]4CCOC4)n[nH]3)CC2)nc1. The Bertz CT molecular complexity index is 618. The molecular formula is C15H21N7O. The molecule has 1 N–H and O–H groups in total. The average molecular weight is 315 g/mol. The van der Waals surface area contributed by atoms with Gasteiger partial charge in [-0.25, -0.2) is 15.0 Å². The predicted molar refractivity (Wildman–Crippen MR) is 84.1 cm³/mol. The highest BCUT2D eigenvalue weighted by Gasteiger charge is 2.23. The van der Waals surface area contributed by atoms with Gasteiger partial charge in [0.2, 0.25) is 5.95 Å². The molecule has 122 valence electrons. The van der Waals surface area contributed by atoms with E-state index < -0.39 is 0 Å². The number of aromatic nitrogens is 5. The molecule has 4 heterocycles. The van der Waals surface area contributed by atoms with Gasteiger partial charge in [-0.05, 0) is 12.5 Å². The maximum absolute atomic E-state index is 5.40. The molecule has 8 nitrogen and oxygen atoms in total. The number of nitrogens with one attached hydrogen (secondary N) is 1. The van der Waals surface area contributed by atoms with Gasteiger partial charge in [-0.3, -0.25) is 10.00 Å². The van der Waals surface area contributed by atoms with Crippen LogP contribution >= 0.6 is 0 Å². The molecule has 0 radical (unpaired) electrons. The quantitative estimate of drug-likeness (QED) is 0.875. The second-order valence-electron chi connectivity index (χ2n) is 6.01. The minimum Gasteiger partial charge on any atom is -0.381 e. The highest BCUT2D eigenvalue weighted by molar-refractivity contribution is 5.29. The lowest BCUT2D eigenvalue weighted by atomic mass is 10.1. The zero-order valence-corrected chi connectivity index (χ0v) is 13.1. The highest BCUT2D eigenvalue weighted by Crippen LogP contribution is 2.22. The van der Waals surface area contributed by atoms with Crippen LogP contribution in [-0.2, 0) is 11.3 Å². The van der Waals surface area contributed by atoms with Crippen molar-refractivity contribution in [3.05, 3.63) is 30.1 Å². The molecule has 2 aliphatic rings. The first-order valence-electron chi connectivity index (χ1n) is 8.12. The third kappa shape index (κ3) is 3.32. The lowest BCUT2D eigenvalue weighted by Gasteiger charge is -2.34. The summed E-state index contributed by atoms with van der Waals surface area (Å²) in [5, 5.41) is 7.43. The Hall–Kier alpha value is -2.06. The van der Waals surface area contributed by atoms with Crippen LogP contribution in [0.5, 0.6) is 0 Å². The van der Waals surface area contributed by atoms with Gasteiger partial charge in [0.05, 0.1) is 13.2 Å². The number of ether oxygens (including phenoxy) is 1. The molecule has 2 fully saturated rings. The fourth-order valence-electron chi connectivity index (χ4n) is 3.07. The third-order valence-electron chi connectivity index (χ3n) is 4.42. The third-order valence-corrected chi connectivity index (χ3v) is 4.42. The first-order chi connectivity index (χ1) is 11.4. The summed E-state index contributed by atoms with van der Waals surface area (Å²) < 4.78 is 5.40. The molecule has 4 rings (SSSR count). The van der Waals surface area contributed by atoms with Gasteiger partial charge >= 0.3 is 0 Å². The molecule has 0 aliphatic carbocycles. The molecule has 23 heavy (non-hydrogen) atoms. The molecule has 0 saturated carbocycles. The summed E-state index contributed by atoms with van der Waals surface area (Å²) >= 11 is 0. The maximum Gasteiger partial charge on any atom is 0.225 e. The molecule has 0 amide bonds. The molecular weight excluding hydrogens is 294 g/mol. The van der Waals surface area contributed by atoms with E-state index in [1.807, 2.05) is 6.07 Å². The first-order valence-corrected chi connectivity index (χ1v) is 8.12. The number of anilines is 1. The van der Waals surface area contributed by atoms with Gasteiger partial charge in [0.15, 0.2) is 5.82 Å². The summed E-state index contributed by atoms with van der Waals surface area (Å²) in [6, 6.07) is 1.84. The van der Waals surface area contributed by atoms with Gasteiger partial charge in [0.25, 0.3) is 0 Å². The highest BCUT2D eigenvalue weighted by atomic mass is 16.5. The van der Waals surface area contributed by atoms with Crippen molar-refractivity contribution in [3.8, 4) is 0 Å². The zero-order chi connectivity index (χ0) is 15.5. The Kier molecular flexibility index (Phi) is 4.16. The van der Waals surface area contributed by atoms with Gasteiger partial charge in [0.1, 0.15) is 5.82 Å². The van der Waals surface area contributed by atoms with Crippen LogP contribution in [0.15, 0.2) is 18.5 Å². The van der Waals surface area contributed by atoms with E-state index >= 15 is 0 Å². The van der Waals surface area contributed by atoms with Crippen LogP contribution in [0.2, 0.25) is 0 Å². The van der Waals surface area contributed by atoms with Gasteiger partial charge in [-0.15, -0.1) is 0 Å². The van der Waals surface area contributed by atoms with Gasteiger partial charge < -0.3 is 9.64 Å². The molecule has 8 heteroatoms. The Morgan fingerprint density at radius 2 is 2.00 bits per heavy atom. The van der Waals surface area contributed by atoms with Crippen LogP contribution in [0.4, 0.5) is 5.95 Å². The Morgan fingerprint density at radius 3 is 2.74 bits per heavy atom. The molecule has 0 bridgehead atoms. The maximum atomic E-state index is 5.40. The Labute approximate surface area is 134 Å². The van der Waals surface area contributed by atoms with Crippen molar-refractivity contribution < 1.29 is 4.74 Å². The topological polar surface area (TPSA) is 83.1 Å². The molecule has 0 unspecified atom stereocenters. The van der Waals surface area contributed by atoms with Crippen LogP contribution in [0, 0.1) is 0 Å². The van der Waals surface area contributed by atoms with E-state index in [9.17, 15) is 0 Å². The number of H-pyrrole nitrogens is 1. The van der Waals surface area contributed by atoms with Crippen molar-refractivity contribution in [2.24, 2.45) is 0 Å². The van der Waals surface area contributed by atoms with Gasteiger partial charge in [-0.1, -0.05) is 0 Å². The van der Waals surface area contributed by atoms with Gasteiger partial charge in [0, 0.05) is 51.1 Å². The summed E-state index contributed by atoms with van der Waals surface area (Å²) in [7, 11) is 0. The molecule has 2 aliphatic heterocycles. The summed E-state index contributed by atoms with van der Waals surface area (Å²) in [4.78, 5) is 17.9. The number of hydrogen-bond donors (Lipinski definition) is 1. The number of rotatable bonds is 4. The Balaban J connectivity index is 1.31. The van der Waals surface area contributed by atoms with Crippen LogP contribution in [0.1, 0.15) is 24.0 Å². The molecule has 0 spiro atoms. The largest absolute Gasteiger partial charge is 0.381 e. The summed E-state index contributed by atoms with van der Waals surface area (Å²) in [6.07, 6.45) is 4.60. The Morgan fingerprint density at radius 1 is 1.17 bits per heavy atom. The molecule has 2 aromatic rings. The number of piperazine rings is 1. The molecule has 0 aromatic carbocycles. The van der Waals surface area contributed by atoms with E-state index in [0.717, 1.165) is 70.0 Å². The van der Waals surface area contributed by atoms with E-state index in [4.69, 9.17) is 4.74 Å². The normalized spacial score (nSPS) is 22.6. The predicted octanol–water partition coefficient (Wildman–Crippen LogP) is 0.421. The standard InChI is InChI=1S/C15H21N7O/c1-3-16-15(17-4-1)22-7-5-21(6-8-22)10-13-18-14(20-19-13)12-2-9-23-11-12/h1,3-4,12H,2,5-11H2,(H,18,19,20)/t12-/m1/s1. The minimum absolute atomic E-state index is 0.354. The second-order valence-corrected chi connectivity index (χ2v) is 6.01. The minimum atomic E-state index is 0.354. The van der Waals surface area contributed by atoms with E-state index in [-0.39, 0.29) is 0 Å². The summed E-state index contributed by atoms with van der Waals surface area (Å²) in [5.41, 5.74) is 0. The van der Waals surface area contributed by atoms with Gasteiger partial charge in [-0.2, -0.15) is 5.10 Å². The van der Waals surface area contributed by atoms with Crippen molar-refractivity contribution in [1.29, 1.82) is 0 Å². The van der Waals surface area contributed by atoms with Crippen molar-refractivity contribution in [2.75, 3.05) is 44.3 Å². The van der Waals surface area contributed by atoms with Crippen molar-refractivity contribution in [3.63, 3.8) is 0 Å². The van der Waals surface area contributed by atoms with E-state index in [1.165, 1.54) is 0 Å². The first kappa shape index (κ1) is 14.5. The fourth-order valence-corrected chi connectivity index (χ4v) is 3.07. The van der Waals surface area contributed by atoms with Crippen LogP contribution < -0.4 is 4.90 Å². The van der Waals surface area contributed by atoms with Crippen molar-refractivity contribution >= 4 is 5.95 Å². The smallest absolute Gasteiger partial charge is 0.225 e. The zero-order valence-electron chi connectivity index (χ0n) is 13.1. The molecule has 2 saturated heterocycles. The number of hydrogen-bond acceptors (Lipinski definition) is 7. The average Bonchev–Trinajstić information content (AvgIpc) is 3.28. The second kappa shape index (κ2) is 6.59. The van der Waals surface area contributed by atoms with E-state index in [2.05, 4.69) is 34.9 Å². The lowest BCUT2D eigenvalue weighted by Crippen LogP contribution is -2.46. The van der Waals surface area contributed by atoms with E-state index in [1.54, 1.807) is 12.4 Å². The number of nitrogens with zero attached hydrogens (tertiary/aromatic N) is 6. The monoisotopic (exact) mass is 315 g/mol. The summed E-state index contributed by atoms with van der Waals surface area (Å²) in [5.74, 6) is 3.01. The lowest BCUT2D eigenvalue weighted by molar-refractivity contribution is 0.193. The van der Waals surface area contributed by atoms with Crippen LogP contribution in [0.25, 0.3) is 0 Å².